The summed E-state index contributed by atoms with van der Waals surface area (Å²) in [5, 5.41) is 16.5. The van der Waals surface area contributed by atoms with E-state index in [1.165, 1.54) is 6.07 Å². The highest BCUT2D eigenvalue weighted by molar-refractivity contribution is 5.34. The number of halogens is 4. The van der Waals surface area contributed by atoms with Gasteiger partial charge in [0.1, 0.15) is 11.6 Å². The highest BCUT2D eigenvalue weighted by Gasteiger charge is 2.32. The molecule has 2 rings (SSSR count). The summed E-state index contributed by atoms with van der Waals surface area (Å²) < 4.78 is 51.3. The number of hydrogen-bond acceptors (Lipinski definition) is 3. The summed E-state index contributed by atoms with van der Waals surface area (Å²) in [4.78, 5) is 0. The van der Waals surface area contributed by atoms with E-state index in [1.54, 1.807) is 6.92 Å². The summed E-state index contributed by atoms with van der Waals surface area (Å²) >= 11 is 0. The zero-order chi connectivity index (χ0) is 14.9. The molecule has 0 aliphatic carbocycles. The molecule has 7 heteroatoms. The lowest BCUT2D eigenvalue weighted by atomic mass is 9.95. The zero-order valence-corrected chi connectivity index (χ0v) is 10.3. The Labute approximate surface area is 111 Å². The Morgan fingerprint density at radius 3 is 2.45 bits per heavy atom. The van der Waals surface area contributed by atoms with E-state index in [9.17, 15) is 22.7 Å². The Balaban J connectivity index is 2.45. The molecule has 0 saturated carbocycles. The standard InChI is InChI=1S/C13H10F4N2O/c1-7(12-5-11(20)6-18-19-12)8-2-9(13(15,16)17)4-10(14)3-8/h2-7H,1H3,(H,19,20). The maximum atomic E-state index is 13.3. The van der Waals surface area contributed by atoms with Crippen LogP contribution in [0, 0.1) is 5.82 Å². The average Bonchev–Trinajstić information content (AvgIpc) is 2.36. The molecule has 3 nitrogen and oxygen atoms in total. The fourth-order valence-corrected chi connectivity index (χ4v) is 1.78. The first-order valence-corrected chi connectivity index (χ1v) is 5.66. The van der Waals surface area contributed by atoms with E-state index < -0.39 is 23.5 Å². The normalized spacial score (nSPS) is 13.2. The molecule has 1 unspecified atom stereocenters. The van der Waals surface area contributed by atoms with Gasteiger partial charge in [-0.25, -0.2) is 4.39 Å². The van der Waals surface area contributed by atoms with Crippen molar-refractivity contribution in [2.24, 2.45) is 0 Å². The van der Waals surface area contributed by atoms with E-state index in [0.717, 1.165) is 18.3 Å². The van der Waals surface area contributed by atoms with Gasteiger partial charge in [-0.1, -0.05) is 6.92 Å². The number of rotatable bonds is 2. The van der Waals surface area contributed by atoms with E-state index in [1.807, 2.05) is 0 Å². The van der Waals surface area contributed by atoms with Crippen LogP contribution in [0.4, 0.5) is 17.6 Å². The van der Waals surface area contributed by atoms with Gasteiger partial charge in [0.2, 0.25) is 0 Å². The van der Waals surface area contributed by atoms with E-state index in [2.05, 4.69) is 10.2 Å². The third kappa shape index (κ3) is 3.04. The largest absolute Gasteiger partial charge is 0.506 e. The van der Waals surface area contributed by atoms with Crippen LogP contribution in [-0.4, -0.2) is 15.3 Å². The predicted molar refractivity (Wildman–Crippen MR) is 62.6 cm³/mol. The van der Waals surface area contributed by atoms with Crippen LogP contribution in [0.25, 0.3) is 0 Å². The summed E-state index contributed by atoms with van der Waals surface area (Å²) in [7, 11) is 0. The Bertz CT molecular complexity index is 628. The van der Waals surface area contributed by atoms with Crippen molar-refractivity contribution >= 4 is 0 Å². The summed E-state index contributed by atoms with van der Waals surface area (Å²) in [5.74, 6) is -1.77. The molecule has 106 valence electrons. The van der Waals surface area contributed by atoms with Crippen molar-refractivity contribution in [2.45, 2.75) is 19.0 Å². The quantitative estimate of drug-likeness (QED) is 0.859. The SMILES string of the molecule is CC(c1cc(F)cc(C(F)(F)F)c1)c1cc(O)cnn1. The third-order valence-electron chi connectivity index (χ3n) is 2.85. The number of nitrogens with zero attached hydrogens (tertiary/aromatic N) is 2. The molecule has 0 amide bonds. The minimum Gasteiger partial charge on any atom is -0.506 e. The third-order valence-corrected chi connectivity index (χ3v) is 2.85. The molecule has 0 bridgehead atoms. The summed E-state index contributed by atoms with van der Waals surface area (Å²) in [6.07, 6.45) is -3.52. The summed E-state index contributed by atoms with van der Waals surface area (Å²) in [6.45, 7) is 1.55. The highest BCUT2D eigenvalue weighted by atomic mass is 19.4. The van der Waals surface area contributed by atoms with Gasteiger partial charge in [-0.15, -0.1) is 0 Å². The van der Waals surface area contributed by atoms with Crippen LogP contribution >= 0.6 is 0 Å². The lowest BCUT2D eigenvalue weighted by Gasteiger charge is -2.14. The average molecular weight is 286 g/mol. The number of hydrogen-bond donors (Lipinski definition) is 1. The van der Waals surface area contributed by atoms with Crippen molar-refractivity contribution in [3.05, 3.63) is 53.1 Å². The van der Waals surface area contributed by atoms with Gasteiger partial charge in [-0.2, -0.15) is 23.4 Å². The van der Waals surface area contributed by atoms with Gasteiger partial charge in [0, 0.05) is 12.0 Å². The Morgan fingerprint density at radius 1 is 1.15 bits per heavy atom. The van der Waals surface area contributed by atoms with Crippen LogP contribution < -0.4 is 0 Å². The first kappa shape index (κ1) is 14.2. The molecule has 2 aromatic rings. The molecule has 0 fully saturated rings. The second-order valence-electron chi connectivity index (χ2n) is 4.33. The molecule has 20 heavy (non-hydrogen) atoms. The minimum atomic E-state index is -4.62. The van der Waals surface area contributed by atoms with E-state index >= 15 is 0 Å². The van der Waals surface area contributed by atoms with Crippen LogP contribution in [0.15, 0.2) is 30.5 Å². The van der Waals surface area contributed by atoms with Crippen molar-refractivity contribution in [1.82, 2.24) is 10.2 Å². The van der Waals surface area contributed by atoms with Crippen molar-refractivity contribution < 1.29 is 22.7 Å². The molecule has 0 aliphatic heterocycles. The van der Waals surface area contributed by atoms with Crippen molar-refractivity contribution in [1.29, 1.82) is 0 Å². The molecule has 0 radical (unpaired) electrons. The molecule has 1 N–H and O–H groups in total. The van der Waals surface area contributed by atoms with Crippen LogP contribution in [0.2, 0.25) is 0 Å². The molecular weight excluding hydrogens is 276 g/mol. The lowest BCUT2D eigenvalue weighted by Crippen LogP contribution is -2.08. The van der Waals surface area contributed by atoms with E-state index in [0.29, 0.717) is 6.07 Å². The molecule has 1 heterocycles. The van der Waals surface area contributed by atoms with Crippen LogP contribution in [0.5, 0.6) is 5.75 Å². The fourth-order valence-electron chi connectivity index (χ4n) is 1.78. The number of aromatic nitrogens is 2. The maximum Gasteiger partial charge on any atom is 0.416 e. The Morgan fingerprint density at radius 2 is 1.85 bits per heavy atom. The molecule has 1 atom stereocenters. The predicted octanol–water partition coefficient (Wildman–Crippen LogP) is 3.49. The van der Waals surface area contributed by atoms with Gasteiger partial charge in [-0.05, 0) is 23.8 Å². The maximum absolute atomic E-state index is 13.3. The second-order valence-corrected chi connectivity index (χ2v) is 4.33. The fraction of sp³-hybridized carbons (Fsp3) is 0.231. The van der Waals surface area contributed by atoms with Crippen LogP contribution in [0.1, 0.15) is 29.7 Å². The molecule has 0 spiro atoms. The molecular formula is C13H10F4N2O. The van der Waals surface area contributed by atoms with Gasteiger partial charge in [0.05, 0.1) is 17.5 Å². The lowest BCUT2D eigenvalue weighted by molar-refractivity contribution is -0.137. The molecule has 0 saturated heterocycles. The smallest absolute Gasteiger partial charge is 0.416 e. The van der Waals surface area contributed by atoms with E-state index in [4.69, 9.17) is 0 Å². The van der Waals surface area contributed by atoms with Gasteiger partial charge >= 0.3 is 6.18 Å². The van der Waals surface area contributed by atoms with Crippen LogP contribution in [-0.2, 0) is 6.18 Å². The van der Waals surface area contributed by atoms with Gasteiger partial charge in [-0.3, -0.25) is 0 Å². The van der Waals surface area contributed by atoms with Crippen molar-refractivity contribution in [3.63, 3.8) is 0 Å². The number of benzene rings is 1. The molecule has 1 aromatic carbocycles. The first-order chi connectivity index (χ1) is 9.27. The second kappa shape index (κ2) is 5.07. The molecule has 0 aliphatic rings. The zero-order valence-electron chi connectivity index (χ0n) is 10.3. The van der Waals surface area contributed by atoms with E-state index in [-0.39, 0.29) is 17.0 Å². The van der Waals surface area contributed by atoms with Gasteiger partial charge in [0.25, 0.3) is 0 Å². The van der Waals surface area contributed by atoms with Crippen molar-refractivity contribution in [2.75, 3.05) is 0 Å². The molecule has 1 aromatic heterocycles. The van der Waals surface area contributed by atoms with Crippen LogP contribution in [0.3, 0.4) is 0 Å². The topological polar surface area (TPSA) is 46.0 Å². The van der Waals surface area contributed by atoms with Crippen molar-refractivity contribution in [3.8, 4) is 5.75 Å². The first-order valence-electron chi connectivity index (χ1n) is 5.66. The Kier molecular flexibility index (Phi) is 3.61. The summed E-state index contributed by atoms with van der Waals surface area (Å²) in [5.41, 5.74) is -0.701. The Hall–Kier alpha value is -2.18. The highest BCUT2D eigenvalue weighted by Crippen LogP contribution is 2.33. The minimum absolute atomic E-state index is 0.109. The number of alkyl halides is 3. The van der Waals surface area contributed by atoms with Gasteiger partial charge in [0.15, 0.2) is 0 Å². The monoisotopic (exact) mass is 286 g/mol. The van der Waals surface area contributed by atoms with Gasteiger partial charge < -0.3 is 5.11 Å². The number of aromatic hydroxyl groups is 1. The summed E-state index contributed by atoms with van der Waals surface area (Å²) in [6, 6.07) is 3.57.